The van der Waals surface area contributed by atoms with Crippen LogP contribution in [0.3, 0.4) is 0 Å². The molecule has 136 valence electrons. The van der Waals surface area contributed by atoms with Crippen LogP contribution in [0.4, 0.5) is 11.4 Å². The Morgan fingerprint density at radius 2 is 1.77 bits per heavy atom. The highest BCUT2D eigenvalue weighted by atomic mass is 35.5. The van der Waals surface area contributed by atoms with Gasteiger partial charge in [-0.2, -0.15) is 0 Å². The van der Waals surface area contributed by atoms with E-state index in [1.54, 1.807) is 29.2 Å². The van der Waals surface area contributed by atoms with Gasteiger partial charge in [-0.15, -0.1) is 0 Å². The number of aryl methyl sites for hydroxylation is 1. The van der Waals surface area contributed by atoms with E-state index in [1.165, 1.54) is 6.07 Å². The Kier molecular flexibility index (Phi) is 5.34. The molecule has 0 bridgehead atoms. The first-order chi connectivity index (χ1) is 12.4. The van der Waals surface area contributed by atoms with Crippen LogP contribution in [0.15, 0.2) is 36.4 Å². The molecule has 1 aliphatic rings. The Morgan fingerprint density at radius 3 is 2.38 bits per heavy atom. The summed E-state index contributed by atoms with van der Waals surface area (Å²) in [4.78, 5) is 27.1. The molecule has 2 aromatic carbocycles. The van der Waals surface area contributed by atoms with Crippen molar-refractivity contribution in [1.29, 1.82) is 0 Å². The van der Waals surface area contributed by atoms with Gasteiger partial charge in [0.1, 0.15) is 5.69 Å². The minimum Gasteiger partial charge on any atom is -0.362 e. The quantitative estimate of drug-likeness (QED) is 0.579. The van der Waals surface area contributed by atoms with E-state index in [0.29, 0.717) is 47.5 Å². The van der Waals surface area contributed by atoms with E-state index in [1.807, 2.05) is 17.9 Å². The summed E-state index contributed by atoms with van der Waals surface area (Å²) in [6.45, 7) is 3.83. The van der Waals surface area contributed by atoms with E-state index < -0.39 is 4.92 Å². The van der Waals surface area contributed by atoms with Gasteiger partial charge < -0.3 is 9.80 Å². The Labute approximate surface area is 161 Å². The van der Waals surface area contributed by atoms with Gasteiger partial charge in [0, 0.05) is 37.3 Å². The smallest absolute Gasteiger partial charge is 0.294 e. The molecular weight excluding hydrogens is 377 g/mol. The van der Waals surface area contributed by atoms with Crippen LogP contribution in [0, 0.1) is 17.0 Å². The van der Waals surface area contributed by atoms with Gasteiger partial charge in [-0.05, 0) is 36.8 Å². The molecule has 1 fully saturated rings. The van der Waals surface area contributed by atoms with Gasteiger partial charge in [-0.25, -0.2) is 0 Å². The fraction of sp³-hybridized carbons (Fsp3) is 0.278. The summed E-state index contributed by atoms with van der Waals surface area (Å²) in [5.41, 5.74) is 1.95. The minimum atomic E-state index is -0.440. The number of anilines is 1. The lowest BCUT2D eigenvalue weighted by Crippen LogP contribution is -2.49. The number of nitrogens with zero attached hydrogens (tertiary/aromatic N) is 3. The highest BCUT2D eigenvalue weighted by Crippen LogP contribution is 2.32. The minimum absolute atomic E-state index is 0.0288. The van der Waals surface area contributed by atoms with Crippen molar-refractivity contribution in [2.45, 2.75) is 6.92 Å². The monoisotopic (exact) mass is 393 g/mol. The number of hydrogen-bond acceptors (Lipinski definition) is 4. The Balaban J connectivity index is 1.73. The first-order valence-corrected chi connectivity index (χ1v) is 8.86. The number of halogens is 2. The SMILES string of the molecule is Cc1ccc(C(=O)N2CCN(c3ccc(Cl)cc3[N+](=O)[O-])CC2)c(Cl)c1. The molecule has 8 heteroatoms. The first-order valence-electron chi connectivity index (χ1n) is 8.11. The molecule has 0 aliphatic carbocycles. The van der Waals surface area contributed by atoms with Crippen LogP contribution >= 0.6 is 23.2 Å². The number of piperazine rings is 1. The Bertz CT molecular complexity index is 865. The third-order valence-corrected chi connectivity index (χ3v) is 4.94. The number of carbonyl (C=O) groups excluding carboxylic acids is 1. The molecular formula is C18H17Cl2N3O3. The zero-order valence-electron chi connectivity index (χ0n) is 14.1. The lowest BCUT2D eigenvalue weighted by molar-refractivity contribution is -0.384. The van der Waals surface area contributed by atoms with Crippen molar-refractivity contribution >= 4 is 40.5 Å². The molecule has 1 aliphatic heterocycles. The lowest BCUT2D eigenvalue weighted by atomic mass is 10.1. The Hall–Kier alpha value is -2.31. The van der Waals surface area contributed by atoms with Crippen LogP contribution in [-0.2, 0) is 0 Å². The van der Waals surface area contributed by atoms with Crippen molar-refractivity contribution in [3.63, 3.8) is 0 Å². The number of carbonyl (C=O) groups is 1. The summed E-state index contributed by atoms with van der Waals surface area (Å²) < 4.78 is 0. The second kappa shape index (κ2) is 7.51. The number of amides is 1. The third kappa shape index (κ3) is 3.76. The zero-order chi connectivity index (χ0) is 18.8. The molecule has 0 saturated carbocycles. The van der Waals surface area contributed by atoms with Crippen molar-refractivity contribution in [3.8, 4) is 0 Å². The van der Waals surface area contributed by atoms with Crippen molar-refractivity contribution in [3.05, 3.63) is 67.7 Å². The maximum atomic E-state index is 12.7. The van der Waals surface area contributed by atoms with Crippen LogP contribution in [-0.4, -0.2) is 41.9 Å². The Morgan fingerprint density at radius 1 is 1.08 bits per heavy atom. The van der Waals surface area contributed by atoms with E-state index in [-0.39, 0.29) is 11.6 Å². The normalized spacial score (nSPS) is 14.4. The third-order valence-electron chi connectivity index (χ3n) is 4.40. The number of rotatable bonds is 3. The van der Waals surface area contributed by atoms with Crippen LogP contribution in [0.1, 0.15) is 15.9 Å². The van der Waals surface area contributed by atoms with Gasteiger partial charge in [0.05, 0.1) is 15.5 Å². The lowest BCUT2D eigenvalue weighted by Gasteiger charge is -2.36. The van der Waals surface area contributed by atoms with Crippen LogP contribution in [0.5, 0.6) is 0 Å². The van der Waals surface area contributed by atoms with Gasteiger partial charge >= 0.3 is 0 Å². The number of hydrogen-bond donors (Lipinski definition) is 0. The van der Waals surface area contributed by atoms with Crippen molar-refractivity contribution in [1.82, 2.24) is 4.90 Å². The molecule has 0 atom stereocenters. The molecule has 0 N–H and O–H groups in total. The van der Waals surface area contributed by atoms with Gasteiger partial charge in [-0.3, -0.25) is 14.9 Å². The van der Waals surface area contributed by atoms with E-state index in [9.17, 15) is 14.9 Å². The summed E-state index contributed by atoms with van der Waals surface area (Å²) in [6.07, 6.45) is 0. The second-order valence-corrected chi connectivity index (χ2v) is 7.00. The molecule has 26 heavy (non-hydrogen) atoms. The predicted octanol–water partition coefficient (Wildman–Crippen LogP) is 4.17. The van der Waals surface area contributed by atoms with Gasteiger partial charge in [0.15, 0.2) is 0 Å². The number of benzene rings is 2. The van der Waals surface area contributed by atoms with E-state index in [4.69, 9.17) is 23.2 Å². The molecule has 0 spiro atoms. The molecule has 0 unspecified atom stereocenters. The summed E-state index contributed by atoms with van der Waals surface area (Å²) in [6, 6.07) is 9.98. The predicted molar refractivity (Wildman–Crippen MR) is 102 cm³/mol. The number of nitro groups is 1. The van der Waals surface area contributed by atoms with E-state index in [2.05, 4.69) is 0 Å². The molecule has 2 aromatic rings. The largest absolute Gasteiger partial charge is 0.362 e. The summed E-state index contributed by atoms with van der Waals surface area (Å²) in [7, 11) is 0. The standard InChI is InChI=1S/C18H17Cl2N3O3/c1-12-2-4-14(15(20)10-12)18(24)22-8-6-21(7-9-22)16-5-3-13(19)11-17(16)23(25)26/h2-5,10-11H,6-9H2,1H3. The highest BCUT2D eigenvalue weighted by Gasteiger charge is 2.27. The second-order valence-electron chi connectivity index (χ2n) is 6.15. The topological polar surface area (TPSA) is 66.7 Å². The fourth-order valence-electron chi connectivity index (χ4n) is 3.02. The zero-order valence-corrected chi connectivity index (χ0v) is 15.6. The highest BCUT2D eigenvalue weighted by molar-refractivity contribution is 6.33. The molecule has 1 amide bonds. The van der Waals surface area contributed by atoms with Crippen LogP contribution in [0.2, 0.25) is 10.0 Å². The maximum absolute atomic E-state index is 12.7. The average molecular weight is 394 g/mol. The van der Waals surface area contributed by atoms with Crippen molar-refractivity contribution in [2.75, 3.05) is 31.1 Å². The van der Waals surface area contributed by atoms with Crippen molar-refractivity contribution in [2.24, 2.45) is 0 Å². The molecule has 1 saturated heterocycles. The fourth-order valence-corrected chi connectivity index (χ4v) is 3.51. The van der Waals surface area contributed by atoms with Crippen LogP contribution < -0.4 is 4.90 Å². The van der Waals surface area contributed by atoms with Gasteiger partial charge in [0.2, 0.25) is 0 Å². The summed E-state index contributed by atoms with van der Waals surface area (Å²) >= 11 is 12.1. The molecule has 1 heterocycles. The molecule has 0 aromatic heterocycles. The maximum Gasteiger partial charge on any atom is 0.294 e. The first kappa shape index (κ1) is 18.5. The van der Waals surface area contributed by atoms with E-state index in [0.717, 1.165) is 5.56 Å². The summed E-state index contributed by atoms with van der Waals surface area (Å²) in [5.74, 6) is -0.125. The van der Waals surface area contributed by atoms with E-state index >= 15 is 0 Å². The summed E-state index contributed by atoms with van der Waals surface area (Å²) in [5, 5.41) is 12.0. The van der Waals surface area contributed by atoms with Gasteiger partial charge in [0.25, 0.3) is 11.6 Å². The molecule has 3 rings (SSSR count). The molecule has 0 radical (unpaired) electrons. The van der Waals surface area contributed by atoms with Crippen molar-refractivity contribution < 1.29 is 9.72 Å². The molecule has 6 nitrogen and oxygen atoms in total. The van der Waals surface area contributed by atoms with Gasteiger partial charge in [-0.1, -0.05) is 29.3 Å². The number of nitro benzene ring substituents is 1. The van der Waals surface area contributed by atoms with Crippen LogP contribution in [0.25, 0.3) is 0 Å². The average Bonchev–Trinajstić information content (AvgIpc) is 2.61.